The van der Waals surface area contributed by atoms with Gasteiger partial charge in [-0.25, -0.2) is 0 Å². The largest absolute Gasteiger partial charge is 0.503 e. The lowest BCUT2D eigenvalue weighted by molar-refractivity contribution is -0.129. The molecule has 3 aromatic carbocycles. The summed E-state index contributed by atoms with van der Waals surface area (Å²) >= 11 is 6.06. The number of benzene rings is 3. The van der Waals surface area contributed by atoms with Crippen LogP contribution in [0, 0.1) is 0 Å². The van der Waals surface area contributed by atoms with Crippen molar-refractivity contribution < 1.29 is 9.90 Å². The molecule has 0 spiro atoms. The van der Waals surface area contributed by atoms with Crippen LogP contribution in [0.15, 0.2) is 90.7 Å². The van der Waals surface area contributed by atoms with Crippen LogP contribution < -0.4 is 0 Å². The van der Waals surface area contributed by atoms with Crippen LogP contribution in [0.2, 0.25) is 5.02 Å². The first-order chi connectivity index (χ1) is 13.6. The Kier molecular flexibility index (Phi) is 5.18. The zero-order valence-electron chi connectivity index (χ0n) is 15.3. The molecule has 1 aliphatic rings. The van der Waals surface area contributed by atoms with Crippen LogP contribution in [0.5, 0.6) is 0 Å². The number of halogens is 1. The number of aliphatic hydroxyl groups excluding tert-OH is 1. The fourth-order valence-corrected chi connectivity index (χ4v) is 3.81. The second-order valence-corrected chi connectivity index (χ2v) is 7.25. The summed E-state index contributed by atoms with van der Waals surface area (Å²) in [5.41, 5.74) is 3.56. The number of amides is 1. The SMILES string of the molecule is O=C1C(O)=C(c2ccccc2)C(c2ccc(Cl)cc2)N1CCc1ccccc1. The van der Waals surface area contributed by atoms with Gasteiger partial charge in [-0.2, -0.15) is 0 Å². The summed E-state index contributed by atoms with van der Waals surface area (Å²) < 4.78 is 0. The van der Waals surface area contributed by atoms with Crippen LogP contribution in [0.25, 0.3) is 5.57 Å². The minimum absolute atomic E-state index is 0.181. The number of carbonyl (C=O) groups is 1. The molecule has 0 fully saturated rings. The molecule has 3 nitrogen and oxygen atoms in total. The molecule has 0 bridgehead atoms. The van der Waals surface area contributed by atoms with Crippen molar-refractivity contribution in [3.63, 3.8) is 0 Å². The number of hydrogen-bond donors (Lipinski definition) is 1. The maximum atomic E-state index is 13.0. The zero-order valence-corrected chi connectivity index (χ0v) is 16.0. The van der Waals surface area contributed by atoms with E-state index in [1.807, 2.05) is 84.9 Å². The Hall–Kier alpha value is -3.04. The molecule has 0 radical (unpaired) electrons. The van der Waals surface area contributed by atoms with Crippen molar-refractivity contribution in [1.82, 2.24) is 4.90 Å². The molecule has 0 saturated heterocycles. The van der Waals surface area contributed by atoms with Crippen LogP contribution in [0.4, 0.5) is 0 Å². The summed E-state index contributed by atoms with van der Waals surface area (Å²) in [5, 5.41) is 11.4. The summed E-state index contributed by atoms with van der Waals surface area (Å²) in [6, 6.07) is 26.7. The van der Waals surface area contributed by atoms with Gasteiger partial charge < -0.3 is 10.0 Å². The zero-order chi connectivity index (χ0) is 19.5. The molecule has 0 saturated carbocycles. The first-order valence-electron chi connectivity index (χ1n) is 9.24. The van der Waals surface area contributed by atoms with Crippen LogP contribution in [0.1, 0.15) is 22.7 Å². The van der Waals surface area contributed by atoms with E-state index in [0.29, 0.717) is 23.6 Å². The number of aliphatic hydroxyl groups is 1. The molecule has 28 heavy (non-hydrogen) atoms. The Morgan fingerprint density at radius 2 is 1.46 bits per heavy atom. The molecule has 1 atom stereocenters. The van der Waals surface area contributed by atoms with E-state index in [1.54, 1.807) is 4.90 Å². The van der Waals surface area contributed by atoms with Gasteiger partial charge in [0.25, 0.3) is 5.91 Å². The van der Waals surface area contributed by atoms with Gasteiger partial charge in [-0.3, -0.25) is 4.79 Å². The highest BCUT2D eigenvalue weighted by Gasteiger charge is 2.40. The van der Waals surface area contributed by atoms with E-state index >= 15 is 0 Å². The van der Waals surface area contributed by atoms with Gasteiger partial charge >= 0.3 is 0 Å². The van der Waals surface area contributed by atoms with Gasteiger partial charge in [0.15, 0.2) is 5.76 Å². The van der Waals surface area contributed by atoms with Gasteiger partial charge in [-0.1, -0.05) is 84.4 Å². The minimum Gasteiger partial charge on any atom is -0.503 e. The van der Waals surface area contributed by atoms with Crippen molar-refractivity contribution in [1.29, 1.82) is 0 Å². The van der Waals surface area contributed by atoms with Gasteiger partial charge in [-0.05, 0) is 35.2 Å². The van der Waals surface area contributed by atoms with E-state index in [9.17, 15) is 9.90 Å². The molecule has 1 heterocycles. The van der Waals surface area contributed by atoms with Crippen LogP contribution in [-0.4, -0.2) is 22.5 Å². The predicted octanol–water partition coefficient (Wildman–Crippen LogP) is 5.44. The highest BCUT2D eigenvalue weighted by molar-refractivity contribution is 6.30. The normalized spacial score (nSPS) is 16.7. The minimum atomic E-state index is -0.351. The van der Waals surface area contributed by atoms with Crippen molar-refractivity contribution >= 4 is 23.1 Å². The second-order valence-electron chi connectivity index (χ2n) is 6.82. The lowest BCUT2D eigenvalue weighted by atomic mass is 9.93. The van der Waals surface area contributed by atoms with E-state index in [2.05, 4.69) is 0 Å². The quantitative estimate of drug-likeness (QED) is 0.631. The molecular weight excluding hydrogens is 370 g/mol. The standard InChI is InChI=1S/C24H20ClNO2/c25-20-13-11-19(12-14-20)22-21(18-9-5-2-6-10-18)23(27)24(28)26(22)16-15-17-7-3-1-4-8-17/h1-14,22,27H,15-16H2. The monoisotopic (exact) mass is 389 g/mol. The predicted molar refractivity (Wildman–Crippen MR) is 112 cm³/mol. The van der Waals surface area contributed by atoms with Gasteiger partial charge in [0, 0.05) is 17.1 Å². The van der Waals surface area contributed by atoms with Gasteiger partial charge in [-0.15, -0.1) is 0 Å². The second kappa shape index (κ2) is 7.91. The molecule has 1 aliphatic heterocycles. The van der Waals surface area contributed by atoms with E-state index in [1.165, 1.54) is 0 Å². The Balaban J connectivity index is 1.72. The highest BCUT2D eigenvalue weighted by atomic mass is 35.5. The maximum Gasteiger partial charge on any atom is 0.289 e. The number of carbonyl (C=O) groups excluding carboxylic acids is 1. The lowest BCUT2D eigenvalue weighted by Gasteiger charge is -2.27. The van der Waals surface area contributed by atoms with E-state index in [-0.39, 0.29) is 17.7 Å². The summed E-state index contributed by atoms with van der Waals surface area (Å²) in [6.07, 6.45) is 0.714. The van der Waals surface area contributed by atoms with Crippen molar-refractivity contribution in [2.45, 2.75) is 12.5 Å². The molecule has 140 valence electrons. The molecule has 0 aliphatic carbocycles. The molecule has 4 rings (SSSR count). The molecule has 0 aromatic heterocycles. The Morgan fingerprint density at radius 3 is 2.11 bits per heavy atom. The van der Waals surface area contributed by atoms with Crippen LogP contribution in [0.3, 0.4) is 0 Å². The molecule has 1 unspecified atom stereocenters. The average Bonchev–Trinajstić information content (AvgIpc) is 2.99. The fourth-order valence-electron chi connectivity index (χ4n) is 3.68. The third-order valence-electron chi connectivity index (χ3n) is 5.06. The summed E-state index contributed by atoms with van der Waals surface area (Å²) in [4.78, 5) is 14.7. The fraction of sp³-hybridized carbons (Fsp3) is 0.125. The topological polar surface area (TPSA) is 40.5 Å². The molecular formula is C24H20ClNO2. The molecule has 1 amide bonds. The smallest absolute Gasteiger partial charge is 0.289 e. The molecule has 4 heteroatoms. The van der Waals surface area contributed by atoms with E-state index in [0.717, 1.165) is 16.7 Å². The lowest BCUT2D eigenvalue weighted by Crippen LogP contribution is -2.32. The first-order valence-corrected chi connectivity index (χ1v) is 9.62. The first kappa shape index (κ1) is 18.3. The molecule has 1 N–H and O–H groups in total. The summed E-state index contributed by atoms with van der Waals surface area (Å²) in [6.45, 7) is 0.510. The van der Waals surface area contributed by atoms with Gasteiger partial charge in [0.05, 0.1) is 6.04 Å². The summed E-state index contributed by atoms with van der Waals surface area (Å²) in [7, 11) is 0. The third kappa shape index (κ3) is 3.54. The number of rotatable bonds is 5. The van der Waals surface area contributed by atoms with Crippen molar-refractivity contribution in [3.05, 3.63) is 112 Å². The van der Waals surface area contributed by atoms with Crippen LogP contribution in [-0.2, 0) is 11.2 Å². The van der Waals surface area contributed by atoms with E-state index in [4.69, 9.17) is 11.6 Å². The van der Waals surface area contributed by atoms with Gasteiger partial charge in [0.1, 0.15) is 0 Å². The number of nitrogens with zero attached hydrogens (tertiary/aromatic N) is 1. The van der Waals surface area contributed by atoms with Crippen LogP contribution >= 0.6 is 11.6 Å². The number of hydrogen-bond acceptors (Lipinski definition) is 2. The Morgan fingerprint density at radius 1 is 0.857 bits per heavy atom. The van der Waals surface area contributed by atoms with Crippen molar-refractivity contribution in [3.8, 4) is 0 Å². The average molecular weight is 390 g/mol. The molecule has 3 aromatic rings. The Bertz CT molecular complexity index is 998. The maximum absolute atomic E-state index is 13.0. The highest BCUT2D eigenvalue weighted by Crippen LogP contribution is 2.43. The summed E-state index contributed by atoms with van der Waals surface area (Å²) in [5.74, 6) is -0.519. The van der Waals surface area contributed by atoms with E-state index < -0.39 is 0 Å². The van der Waals surface area contributed by atoms with Gasteiger partial charge in [0.2, 0.25) is 0 Å². The van der Waals surface area contributed by atoms with Crippen molar-refractivity contribution in [2.24, 2.45) is 0 Å². The Labute approximate surface area is 169 Å². The van der Waals surface area contributed by atoms with Crippen molar-refractivity contribution in [2.75, 3.05) is 6.54 Å². The third-order valence-corrected chi connectivity index (χ3v) is 5.31.